The fraction of sp³-hybridized carbons (Fsp3) is 0.138. The average molecular weight is 474 g/mol. The molecule has 5 rings (SSSR count). The van der Waals surface area contributed by atoms with Gasteiger partial charge in [-0.3, -0.25) is 4.79 Å². The zero-order chi connectivity index (χ0) is 25.1. The molecule has 2 heterocycles. The van der Waals surface area contributed by atoms with Crippen LogP contribution in [-0.2, 0) is 0 Å². The van der Waals surface area contributed by atoms with Gasteiger partial charge in [-0.15, -0.1) is 6.42 Å². The van der Waals surface area contributed by atoms with Crippen LogP contribution in [0.1, 0.15) is 35.9 Å². The van der Waals surface area contributed by atoms with Gasteiger partial charge in [0.15, 0.2) is 0 Å². The summed E-state index contributed by atoms with van der Waals surface area (Å²) >= 11 is 0. The molecule has 0 aliphatic carbocycles. The Morgan fingerprint density at radius 1 is 1.00 bits per heavy atom. The van der Waals surface area contributed by atoms with Crippen LogP contribution in [0.15, 0.2) is 73.1 Å². The highest BCUT2D eigenvalue weighted by Crippen LogP contribution is 2.31. The number of fused-ring (bicyclic) bond motifs is 2. The van der Waals surface area contributed by atoms with Gasteiger partial charge in [0.2, 0.25) is 5.82 Å². The van der Waals surface area contributed by atoms with Crippen LogP contribution in [0, 0.1) is 12.3 Å². The van der Waals surface area contributed by atoms with E-state index in [1.165, 1.54) is 5.56 Å². The van der Waals surface area contributed by atoms with Crippen molar-refractivity contribution in [2.75, 3.05) is 11.9 Å². The van der Waals surface area contributed by atoms with Gasteiger partial charge in [-0.05, 0) is 35.7 Å². The van der Waals surface area contributed by atoms with Gasteiger partial charge < -0.3 is 10.1 Å². The van der Waals surface area contributed by atoms with Gasteiger partial charge in [-0.1, -0.05) is 56.2 Å². The topological polar surface area (TPSA) is 89.9 Å². The normalized spacial score (nSPS) is 10.9. The van der Waals surface area contributed by atoms with E-state index >= 15 is 0 Å². The quantitative estimate of drug-likeness (QED) is 0.322. The van der Waals surface area contributed by atoms with E-state index in [1.54, 1.807) is 24.5 Å². The number of benzene rings is 3. The third-order valence-electron chi connectivity index (χ3n) is 5.88. The summed E-state index contributed by atoms with van der Waals surface area (Å²) in [6.45, 7) is 4.44. The molecule has 0 saturated heterocycles. The Morgan fingerprint density at radius 2 is 1.81 bits per heavy atom. The first-order valence-corrected chi connectivity index (χ1v) is 11.5. The minimum absolute atomic E-state index is 0.0572. The van der Waals surface area contributed by atoms with Crippen LogP contribution in [0.3, 0.4) is 0 Å². The predicted molar refractivity (Wildman–Crippen MR) is 141 cm³/mol. The van der Waals surface area contributed by atoms with Crippen molar-refractivity contribution in [1.82, 2.24) is 20.2 Å². The number of nitrogens with zero attached hydrogens (tertiary/aromatic N) is 4. The van der Waals surface area contributed by atoms with Gasteiger partial charge >= 0.3 is 0 Å². The highest BCUT2D eigenvalue weighted by molar-refractivity contribution is 6.08. The highest BCUT2D eigenvalue weighted by atomic mass is 16.5. The number of hydrogen-bond acceptors (Lipinski definition) is 6. The van der Waals surface area contributed by atoms with Gasteiger partial charge in [-0.25, -0.2) is 9.97 Å². The zero-order valence-corrected chi connectivity index (χ0v) is 19.9. The van der Waals surface area contributed by atoms with Gasteiger partial charge in [0, 0.05) is 21.7 Å². The Kier molecular flexibility index (Phi) is 6.25. The second-order valence-corrected chi connectivity index (χ2v) is 8.60. The van der Waals surface area contributed by atoms with Crippen molar-refractivity contribution in [2.24, 2.45) is 0 Å². The monoisotopic (exact) mass is 473 g/mol. The van der Waals surface area contributed by atoms with Crippen LogP contribution in [0.25, 0.3) is 32.9 Å². The number of terminal acetylenes is 1. The Bertz CT molecular complexity index is 1620. The summed E-state index contributed by atoms with van der Waals surface area (Å²) in [6, 6.07) is 19.2. The summed E-state index contributed by atoms with van der Waals surface area (Å²) in [5, 5.41) is 13.2. The van der Waals surface area contributed by atoms with Crippen LogP contribution in [0.5, 0.6) is 5.75 Å². The maximum Gasteiger partial charge on any atom is 0.293 e. The average Bonchev–Trinajstić information content (AvgIpc) is 2.91. The van der Waals surface area contributed by atoms with Crippen LogP contribution in [-0.4, -0.2) is 32.7 Å². The summed E-state index contributed by atoms with van der Waals surface area (Å²) in [6.07, 6.45) is 8.61. The van der Waals surface area contributed by atoms with Crippen LogP contribution in [0.4, 0.5) is 5.69 Å². The molecule has 2 aromatic heterocycles. The van der Waals surface area contributed by atoms with E-state index < -0.39 is 5.91 Å². The van der Waals surface area contributed by atoms with Crippen molar-refractivity contribution in [3.05, 3.63) is 84.4 Å². The van der Waals surface area contributed by atoms with Crippen molar-refractivity contribution < 1.29 is 9.53 Å². The predicted octanol–water partition coefficient (Wildman–Crippen LogP) is 5.63. The van der Waals surface area contributed by atoms with Crippen molar-refractivity contribution in [2.45, 2.75) is 19.8 Å². The lowest BCUT2D eigenvalue weighted by Gasteiger charge is -2.13. The number of carbonyl (C=O) groups excluding carboxylic acids is 1. The molecule has 0 aliphatic rings. The molecule has 7 heteroatoms. The number of aromatic nitrogens is 4. The largest absolute Gasteiger partial charge is 0.481 e. The van der Waals surface area contributed by atoms with Crippen molar-refractivity contribution in [3.63, 3.8) is 0 Å². The van der Waals surface area contributed by atoms with E-state index in [2.05, 4.69) is 52.4 Å². The fourth-order valence-electron chi connectivity index (χ4n) is 3.98. The maximum atomic E-state index is 13.3. The van der Waals surface area contributed by atoms with Gasteiger partial charge in [0.1, 0.15) is 12.4 Å². The molecule has 36 heavy (non-hydrogen) atoms. The van der Waals surface area contributed by atoms with E-state index in [-0.39, 0.29) is 12.4 Å². The van der Waals surface area contributed by atoms with Gasteiger partial charge in [-0.2, -0.15) is 10.2 Å². The third kappa shape index (κ3) is 4.57. The van der Waals surface area contributed by atoms with E-state index in [4.69, 9.17) is 16.1 Å². The minimum atomic E-state index is -0.422. The highest BCUT2D eigenvalue weighted by Gasteiger charge is 2.17. The van der Waals surface area contributed by atoms with Crippen LogP contribution in [0.2, 0.25) is 0 Å². The molecular weight excluding hydrogens is 450 g/mol. The summed E-state index contributed by atoms with van der Waals surface area (Å²) in [7, 11) is 0. The first-order valence-electron chi connectivity index (χ1n) is 11.5. The summed E-state index contributed by atoms with van der Waals surface area (Å²) < 4.78 is 5.62. The number of hydrogen-bond donors (Lipinski definition) is 1. The molecule has 0 bridgehead atoms. The number of carbonyl (C=O) groups is 1. The lowest BCUT2D eigenvalue weighted by Crippen LogP contribution is -2.16. The van der Waals surface area contributed by atoms with Crippen molar-refractivity contribution in [3.8, 4) is 29.4 Å². The van der Waals surface area contributed by atoms with Crippen LogP contribution >= 0.6 is 0 Å². The Balaban J connectivity index is 1.60. The molecule has 1 N–H and O–H groups in total. The first-order chi connectivity index (χ1) is 17.5. The molecule has 0 atom stereocenters. The number of nitrogens with one attached hydrogen (secondary N) is 1. The second kappa shape index (κ2) is 9.80. The van der Waals surface area contributed by atoms with E-state index in [1.807, 2.05) is 36.4 Å². The molecular formula is C29H23N5O2. The molecule has 0 aliphatic heterocycles. The summed E-state index contributed by atoms with van der Waals surface area (Å²) in [5.41, 5.74) is 3.95. The fourth-order valence-corrected chi connectivity index (χ4v) is 3.98. The van der Waals surface area contributed by atoms with Crippen molar-refractivity contribution in [1.29, 1.82) is 0 Å². The number of ether oxygens (including phenoxy) is 1. The molecule has 0 saturated carbocycles. The standard InChI is InChI=1S/C29H23N5O2/c1-4-14-36-22-12-13-26-23(15-22)27(20-10-8-19(9-11-20)18(2)3)34-28(32-26)29(35)33-25-7-5-6-21-16-30-31-17-24(21)25/h1,5-13,15-18H,14H2,2-3H3,(H,33,35). The second-order valence-electron chi connectivity index (χ2n) is 8.60. The minimum Gasteiger partial charge on any atom is -0.481 e. The summed E-state index contributed by atoms with van der Waals surface area (Å²) in [5.74, 6) is 3.12. The Hall–Kier alpha value is -4.83. The summed E-state index contributed by atoms with van der Waals surface area (Å²) in [4.78, 5) is 22.6. The maximum absolute atomic E-state index is 13.3. The molecule has 7 nitrogen and oxygen atoms in total. The van der Waals surface area contributed by atoms with E-state index in [0.717, 1.165) is 21.7 Å². The third-order valence-corrected chi connectivity index (χ3v) is 5.88. The number of rotatable bonds is 6. The lowest BCUT2D eigenvalue weighted by molar-refractivity contribution is 0.101. The SMILES string of the molecule is C#CCOc1ccc2nc(C(=O)Nc3cccc4cnncc34)nc(-c3ccc(C(C)C)cc3)c2c1. The van der Waals surface area contributed by atoms with Crippen LogP contribution < -0.4 is 10.1 Å². The molecule has 176 valence electrons. The first kappa shape index (κ1) is 22.9. The number of amides is 1. The van der Waals surface area contributed by atoms with Crippen molar-refractivity contribution >= 4 is 33.3 Å². The molecule has 0 fully saturated rings. The van der Waals surface area contributed by atoms with Gasteiger partial charge in [0.25, 0.3) is 5.91 Å². The van der Waals surface area contributed by atoms with E-state index in [9.17, 15) is 4.79 Å². The molecule has 1 amide bonds. The Morgan fingerprint density at radius 3 is 2.58 bits per heavy atom. The molecule has 0 spiro atoms. The molecule has 3 aromatic carbocycles. The molecule has 0 radical (unpaired) electrons. The smallest absolute Gasteiger partial charge is 0.293 e. The molecule has 0 unspecified atom stereocenters. The van der Waals surface area contributed by atoms with E-state index in [0.29, 0.717) is 28.6 Å². The zero-order valence-electron chi connectivity index (χ0n) is 19.9. The number of anilines is 1. The Labute approximate surface area is 208 Å². The van der Waals surface area contributed by atoms with Gasteiger partial charge in [0.05, 0.1) is 29.3 Å². The lowest BCUT2D eigenvalue weighted by atomic mass is 9.99. The molecule has 5 aromatic rings.